The van der Waals surface area contributed by atoms with E-state index >= 15 is 0 Å². The van der Waals surface area contributed by atoms with Gasteiger partial charge in [-0.1, -0.05) is 18.2 Å². The minimum atomic E-state index is 0.0846. The van der Waals surface area contributed by atoms with E-state index in [0.29, 0.717) is 5.56 Å². The van der Waals surface area contributed by atoms with Gasteiger partial charge >= 0.3 is 0 Å². The summed E-state index contributed by atoms with van der Waals surface area (Å²) in [7, 11) is 0. The number of hydrogen-bond donors (Lipinski definition) is 0. The van der Waals surface area contributed by atoms with Crippen molar-refractivity contribution in [3.05, 3.63) is 60.2 Å². The molecular weight excluding hydrogens is 380 g/mol. The summed E-state index contributed by atoms with van der Waals surface area (Å²) < 4.78 is 16.8. The first-order chi connectivity index (χ1) is 14.8. The summed E-state index contributed by atoms with van der Waals surface area (Å²) in [5.41, 5.74) is 0.698. The third kappa shape index (κ3) is 5.59. The highest BCUT2D eigenvalue weighted by molar-refractivity contribution is 5.94. The van der Waals surface area contributed by atoms with E-state index in [0.717, 1.165) is 76.9 Å². The highest BCUT2D eigenvalue weighted by Gasteiger charge is 2.27. The Labute approximate surface area is 178 Å². The normalized spacial score (nSPS) is 18.1. The summed E-state index contributed by atoms with van der Waals surface area (Å²) >= 11 is 0. The molecule has 0 spiro atoms. The van der Waals surface area contributed by atoms with Crippen LogP contribution in [0.1, 0.15) is 23.2 Å². The van der Waals surface area contributed by atoms with Crippen LogP contribution in [0.5, 0.6) is 11.5 Å². The number of amides is 1. The third-order valence-corrected chi connectivity index (χ3v) is 5.73. The smallest absolute Gasteiger partial charge is 0.254 e. The topological polar surface area (TPSA) is 51.2 Å². The van der Waals surface area contributed by atoms with Gasteiger partial charge in [-0.05, 0) is 49.2 Å². The first-order valence-electron chi connectivity index (χ1n) is 10.8. The quantitative estimate of drug-likeness (QED) is 0.700. The minimum Gasteiger partial charge on any atom is -0.457 e. The maximum Gasteiger partial charge on any atom is 0.254 e. The van der Waals surface area contributed by atoms with Gasteiger partial charge in [-0.2, -0.15) is 0 Å². The van der Waals surface area contributed by atoms with E-state index in [1.165, 1.54) is 0 Å². The van der Waals surface area contributed by atoms with Crippen molar-refractivity contribution < 1.29 is 19.0 Å². The molecule has 2 saturated heterocycles. The second kappa shape index (κ2) is 10.6. The number of benzene rings is 2. The van der Waals surface area contributed by atoms with Crippen molar-refractivity contribution in [3.63, 3.8) is 0 Å². The molecule has 2 aromatic rings. The monoisotopic (exact) mass is 410 g/mol. The Morgan fingerprint density at radius 3 is 2.23 bits per heavy atom. The Morgan fingerprint density at radius 1 is 0.900 bits per heavy atom. The zero-order valence-corrected chi connectivity index (χ0v) is 17.4. The van der Waals surface area contributed by atoms with E-state index in [2.05, 4.69) is 4.90 Å². The molecule has 0 saturated carbocycles. The van der Waals surface area contributed by atoms with Crippen LogP contribution in [0.25, 0.3) is 0 Å². The van der Waals surface area contributed by atoms with E-state index in [9.17, 15) is 4.79 Å². The average Bonchev–Trinajstić information content (AvgIpc) is 2.82. The van der Waals surface area contributed by atoms with Crippen LogP contribution in [0.3, 0.4) is 0 Å². The molecule has 2 heterocycles. The molecule has 6 heteroatoms. The molecule has 2 fully saturated rings. The van der Waals surface area contributed by atoms with Gasteiger partial charge in [-0.25, -0.2) is 0 Å². The Balaban J connectivity index is 1.43. The molecule has 6 nitrogen and oxygen atoms in total. The average molecular weight is 411 g/mol. The van der Waals surface area contributed by atoms with Gasteiger partial charge in [0, 0.05) is 51.0 Å². The molecule has 0 radical (unpaired) electrons. The molecule has 2 aliphatic rings. The summed E-state index contributed by atoms with van der Waals surface area (Å²) in [5, 5.41) is 0. The van der Waals surface area contributed by atoms with Gasteiger partial charge < -0.3 is 19.1 Å². The van der Waals surface area contributed by atoms with Crippen LogP contribution in [0, 0.1) is 0 Å². The maximum absolute atomic E-state index is 13.4. The van der Waals surface area contributed by atoms with E-state index in [1.807, 2.05) is 59.5 Å². The van der Waals surface area contributed by atoms with Crippen LogP contribution in [0.2, 0.25) is 0 Å². The van der Waals surface area contributed by atoms with Gasteiger partial charge in [0.15, 0.2) is 0 Å². The summed E-state index contributed by atoms with van der Waals surface area (Å²) in [6, 6.07) is 17.3. The summed E-state index contributed by atoms with van der Waals surface area (Å²) in [4.78, 5) is 17.8. The molecular formula is C24H30N2O4. The molecule has 0 aliphatic carbocycles. The lowest BCUT2D eigenvalue weighted by atomic mass is 10.0. The van der Waals surface area contributed by atoms with Crippen molar-refractivity contribution in [2.75, 3.05) is 52.6 Å². The predicted octanol–water partition coefficient (Wildman–Crippen LogP) is 3.43. The molecule has 0 aromatic heterocycles. The van der Waals surface area contributed by atoms with E-state index in [4.69, 9.17) is 14.2 Å². The van der Waals surface area contributed by atoms with Gasteiger partial charge in [-0.3, -0.25) is 9.69 Å². The molecule has 0 bridgehead atoms. The summed E-state index contributed by atoms with van der Waals surface area (Å²) in [6.07, 6.45) is 1.79. The Hall–Kier alpha value is -2.41. The Kier molecular flexibility index (Phi) is 7.34. The van der Waals surface area contributed by atoms with E-state index < -0.39 is 0 Å². The van der Waals surface area contributed by atoms with Crippen LogP contribution in [0.15, 0.2) is 54.6 Å². The number of hydrogen-bond acceptors (Lipinski definition) is 5. The zero-order chi connectivity index (χ0) is 20.6. The van der Waals surface area contributed by atoms with Crippen LogP contribution in [0.4, 0.5) is 0 Å². The molecule has 0 N–H and O–H groups in total. The largest absolute Gasteiger partial charge is 0.457 e. The predicted molar refractivity (Wildman–Crippen MR) is 115 cm³/mol. The van der Waals surface area contributed by atoms with Crippen LogP contribution < -0.4 is 4.74 Å². The van der Waals surface area contributed by atoms with Gasteiger partial charge in [0.05, 0.1) is 13.2 Å². The van der Waals surface area contributed by atoms with Gasteiger partial charge in [0.2, 0.25) is 0 Å². The van der Waals surface area contributed by atoms with Crippen molar-refractivity contribution in [1.29, 1.82) is 0 Å². The first kappa shape index (κ1) is 20.8. The van der Waals surface area contributed by atoms with Gasteiger partial charge in [-0.15, -0.1) is 0 Å². The highest BCUT2D eigenvalue weighted by Crippen LogP contribution is 2.23. The fourth-order valence-electron chi connectivity index (χ4n) is 3.98. The molecule has 30 heavy (non-hydrogen) atoms. The van der Waals surface area contributed by atoms with Crippen molar-refractivity contribution in [3.8, 4) is 11.5 Å². The SMILES string of the molecule is O=C(c1ccc(Oc2ccccc2)cc1)N(CCN1CCOCC1)C1CCOCC1. The molecule has 2 aliphatic heterocycles. The molecule has 1 amide bonds. The fourth-order valence-corrected chi connectivity index (χ4v) is 3.98. The van der Waals surface area contributed by atoms with Crippen molar-refractivity contribution in [2.45, 2.75) is 18.9 Å². The van der Waals surface area contributed by atoms with E-state index in [-0.39, 0.29) is 11.9 Å². The Bertz CT molecular complexity index is 785. The van der Waals surface area contributed by atoms with Crippen molar-refractivity contribution in [2.24, 2.45) is 0 Å². The lowest BCUT2D eigenvalue weighted by molar-refractivity contribution is 0.0141. The maximum atomic E-state index is 13.4. The lowest BCUT2D eigenvalue weighted by Crippen LogP contribution is -2.48. The van der Waals surface area contributed by atoms with Gasteiger partial charge in [0.1, 0.15) is 11.5 Å². The second-order valence-electron chi connectivity index (χ2n) is 7.74. The first-order valence-corrected chi connectivity index (χ1v) is 10.8. The fraction of sp³-hybridized carbons (Fsp3) is 0.458. The van der Waals surface area contributed by atoms with Crippen LogP contribution >= 0.6 is 0 Å². The minimum absolute atomic E-state index is 0.0846. The second-order valence-corrected chi connectivity index (χ2v) is 7.74. The molecule has 0 unspecified atom stereocenters. The van der Waals surface area contributed by atoms with Gasteiger partial charge in [0.25, 0.3) is 5.91 Å². The number of ether oxygens (including phenoxy) is 3. The number of morpholine rings is 1. The van der Waals surface area contributed by atoms with Crippen LogP contribution in [-0.4, -0.2) is 74.4 Å². The van der Waals surface area contributed by atoms with Crippen molar-refractivity contribution >= 4 is 5.91 Å². The molecule has 0 atom stereocenters. The number of carbonyl (C=O) groups is 1. The number of rotatable bonds is 7. The zero-order valence-electron chi connectivity index (χ0n) is 17.4. The molecule has 160 valence electrons. The Morgan fingerprint density at radius 2 is 1.53 bits per heavy atom. The lowest BCUT2D eigenvalue weighted by Gasteiger charge is -2.36. The number of carbonyl (C=O) groups excluding carboxylic acids is 1. The highest BCUT2D eigenvalue weighted by atomic mass is 16.5. The number of para-hydroxylation sites is 1. The van der Waals surface area contributed by atoms with E-state index in [1.54, 1.807) is 0 Å². The third-order valence-electron chi connectivity index (χ3n) is 5.73. The van der Waals surface area contributed by atoms with Crippen LogP contribution in [-0.2, 0) is 9.47 Å². The van der Waals surface area contributed by atoms with Crippen molar-refractivity contribution in [1.82, 2.24) is 9.80 Å². The summed E-state index contributed by atoms with van der Waals surface area (Å²) in [5.74, 6) is 1.59. The molecule has 2 aromatic carbocycles. The summed E-state index contributed by atoms with van der Waals surface area (Å²) in [6.45, 7) is 6.45. The number of nitrogens with zero attached hydrogens (tertiary/aromatic N) is 2. The molecule has 4 rings (SSSR count). The standard InChI is InChI=1S/C24H30N2O4/c27-24(20-6-8-23(9-7-20)30-22-4-2-1-3-5-22)26(21-10-16-28-17-11-21)13-12-25-14-18-29-19-15-25/h1-9,21H,10-19H2.